The maximum atomic E-state index is 11.2. The van der Waals surface area contributed by atoms with Crippen LogP contribution in [0.15, 0.2) is 40.9 Å². The summed E-state index contributed by atoms with van der Waals surface area (Å²) in [4.78, 5) is 21.4. The molecule has 7 heteroatoms. The highest BCUT2D eigenvalue weighted by atomic mass is 79.9. The highest BCUT2D eigenvalue weighted by Crippen LogP contribution is 2.34. The Morgan fingerprint density at radius 2 is 1.95 bits per heavy atom. The van der Waals surface area contributed by atoms with Crippen molar-refractivity contribution in [2.75, 3.05) is 0 Å². The molecule has 21 heavy (non-hydrogen) atoms. The fraction of sp³-hybridized carbons (Fsp3) is 0.0714. The Labute approximate surface area is 128 Å². The molecule has 1 N–H and O–H groups in total. The molecular formula is C14H10BrNO5. The molecule has 2 rings (SSSR count). The first-order valence-electron chi connectivity index (χ1n) is 5.84. The van der Waals surface area contributed by atoms with E-state index >= 15 is 0 Å². The van der Waals surface area contributed by atoms with Crippen molar-refractivity contribution in [1.82, 2.24) is 0 Å². The summed E-state index contributed by atoms with van der Waals surface area (Å²) in [7, 11) is 0. The molecule has 0 saturated heterocycles. The second-order valence-electron chi connectivity index (χ2n) is 4.28. The summed E-state index contributed by atoms with van der Waals surface area (Å²) in [5.41, 5.74) is 0.660. The number of benzene rings is 2. The molecule has 0 aliphatic rings. The van der Waals surface area contributed by atoms with Gasteiger partial charge < -0.3 is 9.84 Å². The quantitative estimate of drug-likeness (QED) is 0.659. The first kappa shape index (κ1) is 15.0. The molecule has 0 spiro atoms. The van der Waals surface area contributed by atoms with E-state index in [4.69, 9.17) is 9.84 Å². The number of hydrogen-bond donors (Lipinski definition) is 1. The lowest BCUT2D eigenvalue weighted by atomic mass is 10.1. The zero-order chi connectivity index (χ0) is 15.6. The van der Waals surface area contributed by atoms with Crippen LogP contribution in [0.3, 0.4) is 0 Å². The van der Waals surface area contributed by atoms with Crippen LogP contribution in [-0.2, 0) is 0 Å². The van der Waals surface area contributed by atoms with Crippen molar-refractivity contribution in [1.29, 1.82) is 0 Å². The number of aryl methyl sites for hydroxylation is 1. The number of carbonyl (C=O) groups is 1. The topological polar surface area (TPSA) is 89.7 Å². The SMILES string of the molecule is Cc1ccc(C(=O)O)c(Oc2cc([N+](=O)[O-])ccc2Br)c1. The number of hydrogen-bond acceptors (Lipinski definition) is 4. The van der Waals surface area contributed by atoms with E-state index in [9.17, 15) is 14.9 Å². The number of non-ortho nitro benzene ring substituents is 1. The molecule has 0 atom stereocenters. The van der Waals surface area contributed by atoms with Crippen molar-refractivity contribution in [2.45, 2.75) is 6.92 Å². The lowest BCUT2D eigenvalue weighted by Gasteiger charge is -2.11. The molecule has 0 saturated carbocycles. The molecule has 2 aromatic rings. The van der Waals surface area contributed by atoms with Gasteiger partial charge in [-0.3, -0.25) is 10.1 Å². The minimum absolute atomic E-state index is 0.0148. The van der Waals surface area contributed by atoms with Crippen LogP contribution in [0.5, 0.6) is 11.5 Å². The van der Waals surface area contributed by atoms with Gasteiger partial charge in [-0.1, -0.05) is 6.07 Å². The molecule has 0 aliphatic carbocycles. The Balaban J connectivity index is 2.47. The molecule has 6 nitrogen and oxygen atoms in total. The van der Waals surface area contributed by atoms with Crippen LogP contribution in [0.4, 0.5) is 5.69 Å². The minimum Gasteiger partial charge on any atom is -0.478 e. The monoisotopic (exact) mass is 351 g/mol. The molecule has 0 unspecified atom stereocenters. The molecule has 0 aliphatic heterocycles. The van der Waals surface area contributed by atoms with Crippen LogP contribution in [-0.4, -0.2) is 16.0 Å². The predicted octanol–water partition coefficient (Wildman–Crippen LogP) is 4.16. The van der Waals surface area contributed by atoms with Gasteiger partial charge in [-0.05, 0) is 46.6 Å². The number of nitrogens with zero attached hydrogens (tertiary/aromatic N) is 1. The van der Waals surface area contributed by atoms with Crippen LogP contribution in [0.1, 0.15) is 15.9 Å². The molecule has 2 aromatic carbocycles. The fourth-order valence-electron chi connectivity index (χ4n) is 1.69. The summed E-state index contributed by atoms with van der Waals surface area (Å²) >= 11 is 3.22. The summed E-state index contributed by atoms with van der Waals surface area (Å²) in [5.74, 6) is -0.826. The average molecular weight is 352 g/mol. The van der Waals surface area contributed by atoms with E-state index in [2.05, 4.69) is 15.9 Å². The van der Waals surface area contributed by atoms with Gasteiger partial charge in [0.1, 0.15) is 17.1 Å². The number of nitro benzene ring substituents is 1. The number of carboxylic acids is 1. The molecular weight excluding hydrogens is 342 g/mol. The summed E-state index contributed by atoms with van der Waals surface area (Å²) < 4.78 is 6.03. The van der Waals surface area contributed by atoms with Gasteiger partial charge in [0.25, 0.3) is 5.69 Å². The zero-order valence-electron chi connectivity index (χ0n) is 10.9. The Morgan fingerprint density at radius 3 is 2.57 bits per heavy atom. The maximum Gasteiger partial charge on any atom is 0.339 e. The highest BCUT2D eigenvalue weighted by Gasteiger charge is 2.16. The zero-order valence-corrected chi connectivity index (χ0v) is 12.5. The summed E-state index contributed by atoms with van der Waals surface area (Å²) in [6.45, 7) is 1.79. The van der Waals surface area contributed by atoms with E-state index in [1.807, 2.05) is 0 Å². The Morgan fingerprint density at radius 1 is 1.24 bits per heavy atom. The lowest BCUT2D eigenvalue weighted by Crippen LogP contribution is -2.01. The first-order chi connectivity index (χ1) is 9.88. The second-order valence-corrected chi connectivity index (χ2v) is 5.13. The first-order valence-corrected chi connectivity index (χ1v) is 6.63. The standard InChI is InChI=1S/C14H10BrNO5/c1-8-2-4-10(14(17)18)12(6-8)21-13-7-9(16(19)20)3-5-11(13)15/h2-7H,1H3,(H,17,18). The molecule has 0 amide bonds. The van der Waals surface area contributed by atoms with E-state index in [0.29, 0.717) is 4.47 Å². The van der Waals surface area contributed by atoms with Crippen LogP contribution < -0.4 is 4.74 Å². The molecule has 0 radical (unpaired) electrons. The Hall–Kier alpha value is -2.41. The minimum atomic E-state index is -1.13. The summed E-state index contributed by atoms with van der Waals surface area (Å²) in [5, 5.41) is 19.9. The van der Waals surface area contributed by atoms with E-state index in [1.165, 1.54) is 24.3 Å². The fourth-order valence-corrected chi connectivity index (χ4v) is 2.02. The molecule has 108 valence electrons. The third-order valence-corrected chi connectivity index (χ3v) is 3.37. The van der Waals surface area contributed by atoms with Gasteiger partial charge in [-0.25, -0.2) is 4.79 Å². The second kappa shape index (κ2) is 5.92. The Bertz CT molecular complexity index is 729. The van der Waals surface area contributed by atoms with Crippen LogP contribution >= 0.6 is 15.9 Å². The Kier molecular flexibility index (Phi) is 4.23. The van der Waals surface area contributed by atoms with E-state index < -0.39 is 10.9 Å². The highest BCUT2D eigenvalue weighted by molar-refractivity contribution is 9.10. The third-order valence-electron chi connectivity index (χ3n) is 2.71. The van der Waals surface area contributed by atoms with Gasteiger partial charge in [-0.15, -0.1) is 0 Å². The van der Waals surface area contributed by atoms with E-state index in [1.54, 1.807) is 19.1 Å². The van der Waals surface area contributed by atoms with Crippen molar-refractivity contribution in [3.63, 3.8) is 0 Å². The van der Waals surface area contributed by atoms with Crippen molar-refractivity contribution < 1.29 is 19.6 Å². The van der Waals surface area contributed by atoms with Gasteiger partial charge in [0.05, 0.1) is 15.5 Å². The third kappa shape index (κ3) is 3.38. The normalized spacial score (nSPS) is 10.2. The van der Waals surface area contributed by atoms with Gasteiger partial charge in [0.15, 0.2) is 0 Å². The smallest absolute Gasteiger partial charge is 0.339 e. The number of halogens is 1. The maximum absolute atomic E-state index is 11.2. The van der Waals surface area contributed by atoms with E-state index in [-0.39, 0.29) is 22.7 Å². The van der Waals surface area contributed by atoms with Crippen LogP contribution in [0.25, 0.3) is 0 Å². The lowest BCUT2D eigenvalue weighted by molar-refractivity contribution is -0.384. The largest absolute Gasteiger partial charge is 0.478 e. The molecule has 0 aromatic heterocycles. The van der Waals surface area contributed by atoms with Crippen molar-refractivity contribution in [3.8, 4) is 11.5 Å². The predicted molar refractivity (Wildman–Crippen MR) is 79.0 cm³/mol. The number of aromatic carboxylic acids is 1. The van der Waals surface area contributed by atoms with E-state index in [0.717, 1.165) is 5.56 Å². The molecule has 0 bridgehead atoms. The van der Waals surface area contributed by atoms with Gasteiger partial charge in [0, 0.05) is 6.07 Å². The number of rotatable bonds is 4. The number of nitro groups is 1. The van der Waals surface area contributed by atoms with Crippen molar-refractivity contribution >= 4 is 27.6 Å². The summed E-state index contributed by atoms with van der Waals surface area (Å²) in [6, 6.07) is 8.68. The number of carboxylic acid groups (broad SMARTS) is 1. The van der Waals surface area contributed by atoms with Crippen LogP contribution in [0, 0.1) is 17.0 Å². The molecule has 0 heterocycles. The van der Waals surface area contributed by atoms with Gasteiger partial charge in [-0.2, -0.15) is 0 Å². The number of ether oxygens (including phenoxy) is 1. The summed E-state index contributed by atoms with van der Waals surface area (Å²) in [6.07, 6.45) is 0. The van der Waals surface area contributed by atoms with Crippen LogP contribution in [0.2, 0.25) is 0 Å². The van der Waals surface area contributed by atoms with Crippen molar-refractivity contribution in [2.24, 2.45) is 0 Å². The molecule has 0 fully saturated rings. The van der Waals surface area contributed by atoms with Gasteiger partial charge >= 0.3 is 5.97 Å². The van der Waals surface area contributed by atoms with Crippen molar-refractivity contribution in [3.05, 3.63) is 62.1 Å². The van der Waals surface area contributed by atoms with Gasteiger partial charge in [0.2, 0.25) is 0 Å². The average Bonchev–Trinajstić information content (AvgIpc) is 2.40.